The van der Waals surface area contributed by atoms with Crippen LogP contribution in [0.3, 0.4) is 0 Å². The molecule has 1 saturated carbocycles. The summed E-state index contributed by atoms with van der Waals surface area (Å²) in [5, 5.41) is 3.37. The van der Waals surface area contributed by atoms with E-state index in [4.69, 9.17) is 4.74 Å². The second kappa shape index (κ2) is 6.19. The van der Waals surface area contributed by atoms with E-state index >= 15 is 0 Å². The van der Waals surface area contributed by atoms with Crippen molar-refractivity contribution < 1.29 is 9.13 Å². The molecular weight excluding hydrogens is 229 g/mol. The van der Waals surface area contributed by atoms with Gasteiger partial charge in [-0.15, -0.1) is 0 Å². The van der Waals surface area contributed by atoms with Gasteiger partial charge in [0.2, 0.25) is 0 Å². The van der Waals surface area contributed by atoms with E-state index in [1.165, 1.54) is 12.8 Å². The van der Waals surface area contributed by atoms with Crippen LogP contribution < -0.4 is 10.1 Å². The van der Waals surface area contributed by atoms with Gasteiger partial charge in [-0.3, -0.25) is 0 Å². The molecule has 3 heteroatoms. The minimum absolute atomic E-state index is 0.256. The molecule has 0 saturated heterocycles. The van der Waals surface area contributed by atoms with E-state index in [-0.39, 0.29) is 5.82 Å². The zero-order chi connectivity index (χ0) is 13.0. The highest BCUT2D eigenvalue weighted by molar-refractivity contribution is 5.29. The Morgan fingerprint density at radius 2 is 2.17 bits per heavy atom. The van der Waals surface area contributed by atoms with Crippen LogP contribution in [0.15, 0.2) is 18.2 Å². The fourth-order valence-electron chi connectivity index (χ4n) is 1.73. The zero-order valence-corrected chi connectivity index (χ0v) is 11.2. The monoisotopic (exact) mass is 251 g/mol. The summed E-state index contributed by atoms with van der Waals surface area (Å²) in [6, 6.07) is 5.89. The van der Waals surface area contributed by atoms with E-state index in [1.54, 1.807) is 12.1 Å². The highest BCUT2D eigenvalue weighted by atomic mass is 19.1. The van der Waals surface area contributed by atoms with Crippen molar-refractivity contribution in [1.29, 1.82) is 0 Å². The van der Waals surface area contributed by atoms with Crippen LogP contribution in [0.25, 0.3) is 0 Å². The third kappa shape index (κ3) is 4.30. The van der Waals surface area contributed by atoms with E-state index in [0.717, 1.165) is 18.5 Å². The maximum atomic E-state index is 13.8. The Hall–Kier alpha value is -1.09. The van der Waals surface area contributed by atoms with Crippen LogP contribution in [0.5, 0.6) is 5.75 Å². The Labute approximate surface area is 109 Å². The van der Waals surface area contributed by atoms with Crippen molar-refractivity contribution in [2.75, 3.05) is 6.61 Å². The summed E-state index contributed by atoms with van der Waals surface area (Å²) in [5.41, 5.74) is 0.982. The first kappa shape index (κ1) is 13.3. The normalized spacial score (nSPS) is 15.1. The lowest BCUT2D eigenvalue weighted by Crippen LogP contribution is -2.15. The van der Waals surface area contributed by atoms with E-state index in [9.17, 15) is 4.39 Å². The molecule has 1 aliphatic carbocycles. The summed E-state index contributed by atoms with van der Waals surface area (Å²) >= 11 is 0. The van der Waals surface area contributed by atoms with Gasteiger partial charge in [0.05, 0.1) is 6.61 Å². The Kier molecular flexibility index (Phi) is 4.59. The molecule has 2 rings (SSSR count). The lowest BCUT2D eigenvalue weighted by Gasteiger charge is -2.10. The van der Waals surface area contributed by atoms with Crippen LogP contribution in [0.2, 0.25) is 0 Å². The van der Waals surface area contributed by atoms with Crippen molar-refractivity contribution in [3.8, 4) is 5.75 Å². The summed E-state index contributed by atoms with van der Waals surface area (Å²) in [5.74, 6) is 0.690. The molecule has 0 aromatic heterocycles. The highest BCUT2D eigenvalue weighted by Gasteiger charge is 2.20. The van der Waals surface area contributed by atoms with Gasteiger partial charge >= 0.3 is 0 Å². The molecule has 0 bridgehead atoms. The van der Waals surface area contributed by atoms with Gasteiger partial charge < -0.3 is 10.1 Å². The summed E-state index contributed by atoms with van der Waals surface area (Å²) < 4.78 is 19.2. The largest absolute Gasteiger partial charge is 0.491 e. The standard InChI is InChI=1S/C15H22FNO/c1-11(2)7-8-18-15-6-3-12(9-14(15)16)10-17-13-4-5-13/h3,6,9,11,13,17H,4-5,7-8,10H2,1-2H3. The number of hydrogen-bond donors (Lipinski definition) is 1. The van der Waals surface area contributed by atoms with Gasteiger partial charge in [-0.2, -0.15) is 0 Å². The van der Waals surface area contributed by atoms with Gasteiger partial charge in [-0.25, -0.2) is 4.39 Å². The summed E-state index contributed by atoms with van der Waals surface area (Å²) in [6.07, 6.45) is 3.45. The zero-order valence-electron chi connectivity index (χ0n) is 11.2. The SMILES string of the molecule is CC(C)CCOc1ccc(CNC2CC2)cc1F. The van der Waals surface area contributed by atoms with Crippen molar-refractivity contribution in [3.63, 3.8) is 0 Å². The minimum Gasteiger partial charge on any atom is -0.491 e. The van der Waals surface area contributed by atoms with E-state index in [0.29, 0.717) is 24.3 Å². The van der Waals surface area contributed by atoms with Crippen molar-refractivity contribution in [1.82, 2.24) is 5.32 Å². The molecule has 1 N–H and O–H groups in total. The molecule has 1 aromatic carbocycles. The molecule has 1 aliphatic rings. The molecule has 0 atom stereocenters. The second-order valence-corrected chi connectivity index (χ2v) is 5.45. The van der Waals surface area contributed by atoms with Gasteiger partial charge in [-0.05, 0) is 42.9 Å². The van der Waals surface area contributed by atoms with Gasteiger partial charge in [0.15, 0.2) is 11.6 Å². The smallest absolute Gasteiger partial charge is 0.165 e. The van der Waals surface area contributed by atoms with Crippen LogP contribution >= 0.6 is 0 Å². The van der Waals surface area contributed by atoms with Crippen molar-refractivity contribution in [2.24, 2.45) is 5.92 Å². The molecule has 0 spiro atoms. The van der Waals surface area contributed by atoms with Gasteiger partial charge in [0, 0.05) is 12.6 Å². The van der Waals surface area contributed by atoms with Gasteiger partial charge in [-0.1, -0.05) is 19.9 Å². The average Bonchev–Trinajstić information content (AvgIpc) is 3.12. The molecule has 0 amide bonds. The molecule has 1 aromatic rings. The van der Waals surface area contributed by atoms with Crippen LogP contribution in [-0.4, -0.2) is 12.6 Å². The van der Waals surface area contributed by atoms with Crippen molar-refractivity contribution >= 4 is 0 Å². The van der Waals surface area contributed by atoms with Crippen LogP contribution in [-0.2, 0) is 6.54 Å². The highest BCUT2D eigenvalue weighted by Crippen LogP contribution is 2.21. The molecule has 0 radical (unpaired) electrons. The van der Waals surface area contributed by atoms with E-state index in [2.05, 4.69) is 19.2 Å². The molecule has 100 valence electrons. The number of rotatable bonds is 7. The minimum atomic E-state index is -0.256. The van der Waals surface area contributed by atoms with Gasteiger partial charge in [0.25, 0.3) is 0 Å². The van der Waals surface area contributed by atoms with Crippen LogP contribution in [0, 0.1) is 11.7 Å². The van der Waals surface area contributed by atoms with Crippen LogP contribution in [0.4, 0.5) is 4.39 Å². The quantitative estimate of drug-likeness (QED) is 0.800. The fraction of sp³-hybridized carbons (Fsp3) is 0.600. The maximum Gasteiger partial charge on any atom is 0.165 e. The van der Waals surface area contributed by atoms with Crippen LogP contribution in [0.1, 0.15) is 38.7 Å². The summed E-state index contributed by atoms with van der Waals surface area (Å²) in [6.45, 7) is 5.58. The Morgan fingerprint density at radius 3 is 2.78 bits per heavy atom. The molecular formula is C15H22FNO. The summed E-state index contributed by atoms with van der Waals surface area (Å²) in [4.78, 5) is 0. The first-order valence-corrected chi connectivity index (χ1v) is 6.80. The molecule has 0 aliphatic heterocycles. The maximum absolute atomic E-state index is 13.8. The number of halogens is 1. The Morgan fingerprint density at radius 1 is 1.39 bits per heavy atom. The van der Waals surface area contributed by atoms with Crippen molar-refractivity contribution in [2.45, 2.75) is 45.7 Å². The number of nitrogens with one attached hydrogen (secondary N) is 1. The Bertz CT molecular complexity index is 388. The molecule has 2 nitrogen and oxygen atoms in total. The summed E-state index contributed by atoms with van der Waals surface area (Å²) in [7, 11) is 0. The molecule has 18 heavy (non-hydrogen) atoms. The lowest BCUT2D eigenvalue weighted by atomic mass is 10.1. The average molecular weight is 251 g/mol. The fourth-order valence-corrected chi connectivity index (χ4v) is 1.73. The third-order valence-electron chi connectivity index (χ3n) is 3.12. The first-order valence-electron chi connectivity index (χ1n) is 6.80. The lowest BCUT2D eigenvalue weighted by molar-refractivity contribution is 0.276. The van der Waals surface area contributed by atoms with Crippen molar-refractivity contribution in [3.05, 3.63) is 29.6 Å². The third-order valence-corrected chi connectivity index (χ3v) is 3.12. The predicted molar refractivity (Wildman–Crippen MR) is 71.2 cm³/mol. The molecule has 0 unspecified atom stereocenters. The topological polar surface area (TPSA) is 21.3 Å². The first-order chi connectivity index (χ1) is 8.65. The van der Waals surface area contributed by atoms with E-state index < -0.39 is 0 Å². The predicted octanol–water partition coefficient (Wildman–Crippen LogP) is 3.50. The van der Waals surface area contributed by atoms with Gasteiger partial charge in [0.1, 0.15) is 0 Å². The van der Waals surface area contributed by atoms with E-state index in [1.807, 2.05) is 6.07 Å². The molecule has 0 heterocycles. The number of hydrogen-bond acceptors (Lipinski definition) is 2. The number of benzene rings is 1. The second-order valence-electron chi connectivity index (χ2n) is 5.45. The Balaban J connectivity index is 1.83. The molecule has 1 fully saturated rings. The number of ether oxygens (including phenoxy) is 1.